The Kier molecular flexibility index (Phi) is 1.92. The lowest BCUT2D eigenvalue weighted by atomic mass is 10.1. The molecule has 1 atom stereocenters. The summed E-state index contributed by atoms with van der Waals surface area (Å²) in [5.41, 5.74) is 1.30. The number of rotatable bonds is 2. The van der Waals surface area contributed by atoms with Crippen molar-refractivity contribution in [2.45, 2.75) is 12.8 Å². The molecule has 0 amide bonds. The molecule has 2 N–H and O–H groups in total. The van der Waals surface area contributed by atoms with E-state index in [0.29, 0.717) is 5.69 Å². The van der Waals surface area contributed by atoms with Crippen LogP contribution >= 0.6 is 0 Å². The van der Waals surface area contributed by atoms with Crippen LogP contribution in [-0.2, 0) is 4.79 Å². The minimum atomic E-state index is -0.895. The van der Waals surface area contributed by atoms with E-state index in [1.807, 2.05) is 0 Å². The van der Waals surface area contributed by atoms with Crippen LogP contribution in [-0.4, -0.2) is 26.3 Å². The molecule has 0 saturated heterocycles. The van der Waals surface area contributed by atoms with Gasteiger partial charge in [-0.3, -0.25) is 4.79 Å². The SMILES string of the molecule is CC(C(=O)O)c1nncc2[nH]ccc12. The second-order valence-electron chi connectivity index (χ2n) is 3.09. The van der Waals surface area contributed by atoms with Crippen LogP contribution in [0.25, 0.3) is 10.9 Å². The van der Waals surface area contributed by atoms with Gasteiger partial charge in [-0.1, -0.05) is 0 Å². The van der Waals surface area contributed by atoms with Crippen molar-refractivity contribution >= 4 is 16.9 Å². The number of nitrogens with zero attached hydrogens (tertiary/aromatic N) is 2. The fourth-order valence-electron chi connectivity index (χ4n) is 1.35. The fourth-order valence-corrected chi connectivity index (χ4v) is 1.35. The van der Waals surface area contributed by atoms with Gasteiger partial charge in [-0.2, -0.15) is 10.2 Å². The third-order valence-electron chi connectivity index (χ3n) is 2.19. The lowest BCUT2D eigenvalue weighted by molar-refractivity contribution is -0.138. The van der Waals surface area contributed by atoms with Crippen LogP contribution in [0.5, 0.6) is 0 Å². The molecule has 0 aliphatic carbocycles. The molecule has 0 bridgehead atoms. The lowest BCUT2D eigenvalue weighted by Crippen LogP contribution is -2.10. The van der Waals surface area contributed by atoms with E-state index in [-0.39, 0.29) is 0 Å². The van der Waals surface area contributed by atoms with Crippen molar-refractivity contribution in [2.24, 2.45) is 0 Å². The van der Waals surface area contributed by atoms with Gasteiger partial charge in [0.25, 0.3) is 0 Å². The highest BCUT2D eigenvalue weighted by molar-refractivity contribution is 5.86. The molecule has 5 heteroatoms. The first-order valence-corrected chi connectivity index (χ1v) is 4.21. The molecule has 14 heavy (non-hydrogen) atoms. The second kappa shape index (κ2) is 3.10. The zero-order chi connectivity index (χ0) is 10.1. The molecule has 0 fully saturated rings. The zero-order valence-corrected chi connectivity index (χ0v) is 7.56. The topological polar surface area (TPSA) is 78.9 Å². The number of nitrogens with one attached hydrogen (secondary N) is 1. The standard InChI is InChI=1S/C9H9N3O2/c1-5(9(13)14)8-6-2-3-10-7(6)4-11-12-8/h2-5,10H,1H3,(H,13,14). The second-order valence-corrected chi connectivity index (χ2v) is 3.09. The highest BCUT2D eigenvalue weighted by Gasteiger charge is 2.18. The van der Waals surface area contributed by atoms with Gasteiger partial charge in [-0.15, -0.1) is 0 Å². The van der Waals surface area contributed by atoms with Gasteiger partial charge in [-0.25, -0.2) is 0 Å². The minimum absolute atomic E-state index is 0.497. The minimum Gasteiger partial charge on any atom is -0.481 e. The van der Waals surface area contributed by atoms with Crippen molar-refractivity contribution in [2.75, 3.05) is 0 Å². The van der Waals surface area contributed by atoms with Crippen molar-refractivity contribution < 1.29 is 9.90 Å². The van der Waals surface area contributed by atoms with Gasteiger partial charge in [-0.05, 0) is 13.0 Å². The maximum absolute atomic E-state index is 10.8. The van der Waals surface area contributed by atoms with Crippen LogP contribution in [0, 0.1) is 0 Å². The number of hydrogen-bond acceptors (Lipinski definition) is 3. The number of carboxylic acid groups (broad SMARTS) is 1. The van der Waals surface area contributed by atoms with Crippen LogP contribution in [0.1, 0.15) is 18.5 Å². The molecule has 5 nitrogen and oxygen atoms in total. The summed E-state index contributed by atoms with van der Waals surface area (Å²) in [7, 11) is 0. The van der Waals surface area contributed by atoms with E-state index in [0.717, 1.165) is 10.9 Å². The normalized spacial score (nSPS) is 12.9. The van der Waals surface area contributed by atoms with Crippen LogP contribution in [0.15, 0.2) is 18.5 Å². The van der Waals surface area contributed by atoms with Gasteiger partial charge in [0.15, 0.2) is 0 Å². The zero-order valence-electron chi connectivity index (χ0n) is 7.56. The third kappa shape index (κ3) is 1.22. The summed E-state index contributed by atoms with van der Waals surface area (Å²) >= 11 is 0. The Balaban J connectivity index is 2.61. The van der Waals surface area contributed by atoms with Gasteiger partial charge in [0.1, 0.15) is 0 Å². The number of aliphatic carboxylic acids is 1. The Labute approximate surface area is 79.8 Å². The lowest BCUT2D eigenvalue weighted by Gasteiger charge is -2.04. The summed E-state index contributed by atoms with van der Waals surface area (Å²) < 4.78 is 0. The molecule has 2 heterocycles. The van der Waals surface area contributed by atoms with Crippen LogP contribution < -0.4 is 0 Å². The van der Waals surface area contributed by atoms with Crippen LogP contribution in [0.3, 0.4) is 0 Å². The Morgan fingerprint density at radius 2 is 2.43 bits per heavy atom. The number of hydrogen-bond donors (Lipinski definition) is 2. The third-order valence-corrected chi connectivity index (χ3v) is 2.19. The van der Waals surface area contributed by atoms with E-state index >= 15 is 0 Å². The first kappa shape index (κ1) is 8.68. The molecular weight excluding hydrogens is 182 g/mol. The van der Waals surface area contributed by atoms with Gasteiger partial charge >= 0.3 is 5.97 Å². The molecule has 0 saturated carbocycles. The van der Waals surface area contributed by atoms with Gasteiger partial charge < -0.3 is 10.1 Å². The number of carboxylic acids is 1. The molecule has 0 aromatic carbocycles. The number of aromatic nitrogens is 3. The van der Waals surface area contributed by atoms with E-state index in [9.17, 15) is 4.79 Å². The van der Waals surface area contributed by atoms with E-state index in [2.05, 4.69) is 15.2 Å². The fraction of sp³-hybridized carbons (Fsp3) is 0.222. The summed E-state index contributed by atoms with van der Waals surface area (Å²) in [6.07, 6.45) is 3.32. The molecule has 1 unspecified atom stereocenters. The van der Waals surface area contributed by atoms with Crippen LogP contribution in [0.4, 0.5) is 0 Å². The van der Waals surface area contributed by atoms with Crippen molar-refractivity contribution in [3.63, 3.8) is 0 Å². The summed E-state index contributed by atoms with van der Waals surface area (Å²) in [4.78, 5) is 13.7. The first-order chi connectivity index (χ1) is 6.70. The van der Waals surface area contributed by atoms with Gasteiger partial charge in [0.05, 0.1) is 23.3 Å². The summed E-state index contributed by atoms with van der Waals surface area (Å²) in [5.74, 6) is -1.53. The number of fused-ring (bicyclic) bond motifs is 1. The predicted octanol–water partition coefficient (Wildman–Crippen LogP) is 1.15. The molecule has 2 aromatic heterocycles. The largest absolute Gasteiger partial charge is 0.481 e. The van der Waals surface area contributed by atoms with Crippen molar-refractivity contribution in [1.29, 1.82) is 0 Å². The molecule has 72 valence electrons. The van der Waals surface area contributed by atoms with Crippen LogP contribution in [0.2, 0.25) is 0 Å². The molecule has 0 aliphatic rings. The van der Waals surface area contributed by atoms with E-state index in [4.69, 9.17) is 5.11 Å². The highest BCUT2D eigenvalue weighted by atomic mass is 16.4. The molecule has 2 aromatic rings. The van der Waals surface area contributed by atoms with E-state index in [1.54, 1.807) is 25.4 Å². The maximum Gasteiger partial charge on any atom is 0.312 e. The predicted molar refractivity (Wildman–Crippen MR) is 49.9 cm³/mol. The Bertz CT molecular complexity index is 478. The molecule has 0 spiro atoms. The monoisotopic (exact) mass is 191 g/mol. The Hall–Kier alpha value is -1.91. The Morgan fingerprint density at radius 3 is 3.14 bits per heavy atom. The van der Waals surface area contributed by atoms with Gasteiger partial charge in [0.2, 0.25) is 0 Å². The molecule has 2 rings (SSSR count). The van der Waals surface area contributed by atoms with Gasteiger partial charge in [0, 0.05) is 11.6 Å². The number of aromatic amines is 1. The average Bonchev–Trinajstić information content (AvgIpc) is 2.63. The molecule has 0 aliphatic heterocycles. The summed E-state index contributed by atoms with van der Waals surface area (Å²) in [6, 6.07) is 1.80. The van der Waals surface area contributed by atoms with Crippen molar-refractivity contribution in [3.8, 4) is 0 Å². The molecule has 0 radical (unpaired) electrons. The van der Waals surface area contributed by atoms with Crippen molar-refractivity contribution in [3.05, 3.63) is 24.2 Å². The molecular formula is C9H9N3O2. The summed E-state index contributed by atoms with van der Waals surface area (Å²) in [6.45, 7) is 1.60. The first-order valence-electron chi connectivity index (χ1n) is 4.21. The van der Waals surface area contributed by atoms with E-state index < -0.39 is 11.9 Å². The number of H-pyrrole nitrogens is 1. The Morgan fingerprint density at radius 1 is 1.64 bits per heavy atom. The average molecular weight is 191 g/mol. The highest BCUT2D eigenvalue weighted by Crippen LogP contribution is 2.21. The smallest absolute Gasteiger partial charge is 0.312 e. The number of carbonyl (C=O) groups is 1. The maximum atomic E-state index is 10.8. The quantitative estimate of drug-likeness (QED) is 0.746. The summed E-state index contributed by atoms with van der Waals surface area (Å²) in [5, 5.41) is 17.3. The van der Waals surface area contributed by atoms with E-state index in [1.165, 1.54) is 0 Å². The van der Waals surface area contributed by atoms with Crippen molar-refractivity contribution in [1.82, 2.24) is 15.2 Å².